The third-order valence-corrected chi connectivity index (χ3v) is 8.63. The van der Waals surface area contributed by atoms with E-state index in [1.807, 2.05) is 11.9 Å². The third kappa shape index (κ3) is 6.58. The summed E-state index contributed by atoms with van der Waals surface area (Å²) in [5, 5.41) is 18.5. The summed E-state index contributed by atoms with van der Waals surface area (Å²) in [4.78, 5) is 27.1. The molecule has 8 nitrogen and oxygen atoms in total. The van der Waals surface area contributed by atoms with Crippen LogP contribution >= 0.6 is 0 Å². The lowest BCUT2D eigenvalue weighted by Crippen LogP contribution is -2.50. The summed E-state index contributed by atoms with van der Waals surface area (Å²) in [5.41, 5.74) is -0.0398. The smallest absolute Gasteiger partial charge is 0.406 e. The van der Waals surface area contributed by atoms with E-state index in [1.54, 1.807) is 43.5 Å². The summed E-state index contributed by atoms with van der Waals surface area (Å²) in [7, 11) is 4.79. The zero-order valence-electron chi connectivity index (χ0n) is 23.7. The average molecular weight is 556 g/mol. The Hall–Kier alpha value is -3.17. The first-order valence-corrected chi connectivity index (χ1v) is 14.2. The number of hydrogen-bond donors (Lipinski definition) is 3. The van der Waals surface area contributed by atoms with Crippen LogP contribution in [-0.2, 0) is 15.1 Å². The van der Waals surface area contributed by atoms with E-state index in [2.05, 4.69) is 15.4 Å². The minimum absolute atomic E-state index is 0.0185. The molecular weight excluding hydrogens is 513 g/mol. The minimum Gasteiger partial charge on any atom is -0.497 e. The van der Waals surface area contributed by atoms with Crippen molar-refractivity contribution in [3.63, 3.8) is 0 Å². The predicted octanol–water partition coefficient (Wildman–Crippen LogP) is 4.45. The molecular formula is C31H42FN3O5. The molecule has 0 spiro atoms. The number of rotatable bonds is 10. The first kappa shape index (κ1) is 29.8. The molecule has 4 atom stereocenters. The van der Waals surface area contributed by atoms with Crippen LogP contribution in [0.4, 0.5) is 9.18 Å². The molecule has 3 N–H and O–H groups in total. The molecule has 1 aliphatic carbocycles. The van der Waals surface area contributed by atoms with Crippen molar-refractivity contribution in [2.75, 3.05) is 40.9 Å². The average Bonchev–Trinajstić information content (AvgIpc) is 3.48. The van der Waals surface area contributed by atoms with Crippen molar-refractivity contribution >= 4 is 12.0 Å². The first-order valence-electron chi connectivity index (χ1n) is 14.2. The van der Waals surface area contributed by atoms with Gasteiger partial charge >= 0.3 is 6.09 Å². The molecule has 4 rings (SSSR count). The van der Waals surface area contributed by atoms with Crippen LogP contribution in [-0.4, -0.2) is 69.0 Å². The number of methoxy groups -OCH3 is 2. The molecule has 218 valence electrons. The number of ether oxygens (including phenoxy) is 2. The number of carbonyl (C=O) groups excluding carboxylic acids is 2. The normalized spacial score (nSPS) is 22.4. The second-order valence-electron chi connectivity index (χ2n) is 11.0. The molecule has 1 saturated carbocycles. The summed E-state index contributed by atoms with van der Waals surface area (Å²) >= 11 is 0. The number of aliphatic hydroxyl groups is 1. The second-order valence-corrected chi connectivity index (χ2v) is 11.0. The standard InChI is InChI=1S/C31H42FN3O5/c1-33-24-14-13-22(18-24)29(36)35-17-6-9-23(20-35)31(38,15-7-16-34-30(37)40-3)26-11-5-12-27(32)28(26)21-8-4-10-25(19-21)39-2/h4-5,8,10-12,19,22-24,33,38H,6-7,9,13-18,20H2,1-3H3,(H,34,37)/t22-,23?,24+,31?/m1/s1. The Labute approximate surface area is 236 Å². The Kier molecular flexibility index (Phi) is 10.0. The third-order valence-electron chi connectivity index (χ3n) is 8.63. The number of likely N-dealkylation sites (tertiary alicyclic amines) is 1. The van der Waals surface area contributed by atoms with E-state index in [4.69, 9.17) is 4.74 Å². The Morgan fingerprint density at radius 1 is 1.15 bits per heavy atom. The number of piperidine rings is 1. The predicted molar refractivity (Wildman–Crippen MR) is 151 cm³/mol. The van der Waals surface area contributed by atoms with Crippen LogP contribution in [0.3, 0.4) is 0 Å². The number of amides is 2. The lowest BCUT2D eigenvalue weighted by atomic mass is 9.72. The molecule has 0 aromatic heterocycles. The van der Waals surface area contributed by atoms with Crippen molar-refractivity contribution in [1.29, 1.82) is 0 Å². The molecule has 0 radical (unpaired) electrons. The first-order chi connectivity index (χ1) is 19.3. The number of benzene rings is 2. The Morgan fingerprint density at radius 2 is 1.95 bits per heavy atom. The zero-order chi connectivity index (χ0) is 28.7. The van der Waals surface area contributed by atoms with E-state index in [0.29, 0.717) is 61.0 Å². The molecule has 2 unspecified atom stereocenters. The molecule has 2 aromatic carbocycles. The molecule has 40 heavy (non-hydrogen) atoms. The lowest BCUT2D eigenvalue weighted by Gasteiger charge is -2.44. The van der Waals surface area contributed by atoms with E-state index in [-0.39, 0.29) is 24.2 Å². The quantitative estimate of drug-likeness (QED) is 0.375. The van der Waals surface area contributed by atoms with E-state index >= 15 is 4.39 Å². The SMILES string of the molecule is CN[C@H]1CC[C@@H](C(=O)N2CCCC(C(O)(CCCNC(=O)OC)c3cccc(F)c3-c3cccc(OC)c3)C2)C1. The highest BCUT2D eigenvalue weighted by molar-refractivity contribution is 5.79. The monoisotopic (exact) mass is 555 g/mol. The van der Waals surface area contributed by atoms with Gasteiger partial charge in [-0.1, -0.05) is 24.3 Å². The lowest BCUT2D eigenvalue weighted by molar-refractivity contribution is -0.140. The van der Waals surface area contributed by atoms with Crippen LogP contribution < -0.4 is 15.4 Å². The van der Waals surface area contributed by atoms with Crippen molar-refractivity contribution < 1.29 is 28.6 Å². The summed E-state index contributed by atoms with van der Waals surface area (Å²) in [6.07, 6.45) is 4.29. The van der Waals surface area contributed by atoms with Crippen molar-refractivity contribution in [2.24, 2.45) is 11.8 Å². The van der Waals surface area contributed by atoms with Gasteiger partial charge in [-0.2, -0.15) is 0 Å². The van der Waals surface area contributed by atoms with Crippen LogP contribution in [0.5, 0.6) is 5.75 Å². The van der Waals surface area contributed by atoms with Gasteiger partial charge in [0.2, 0.25) is 5.91 Å². The van der Waals surface area contributed by atoms with Gasteiger partial charge in [0.1, 0.15) is 11.6 Å². The van der Waals surface area contributed by atoms with Crippen molar-refractivity contribution in [3.05, 3.63) is 53.8 Å². The highest BCUT2D eigenvalue weighted by Crippen LogP contribution is 2.45. The fraction of sp³-hybridized carbons (Fsp3) is 0.548. The van der Waals surface area contributed by atoms with Crippen LogP contribution in [0.15, 0.2) is 42.5 Å². The maximum absolute atomic E-state index is 15.6. The van der Waals surface area contributed by atoms with Crippen molar-refractivity contribution in [3.8, 4) is 16.9 Å². The Balaban J connectivity index is 1.67. The molecule has 2 amide bonds. The highest BCUT2D eigenvalue weighted by atomic mass is 19.1. The van der Waals surface area contributed by atoms with Gasteiger partial charge in [0.25, 0.3) is 0 Å². The van der Waals surface area contributed by atoms with Gasteiger partial charge in [-0.15, -0.1) is 0 Å². The molecule has 1 heterocycles. The Morgan fingerprint density at radius 3 is 2.67 bits per heavy atom. The molecule has 9 heteroatoms. The number of hydrogen-bond acceptors (Lipinski definition) is 6. The molecule has 0 bridgehead atoms. The van der Waals surface area contributed by atoms with Gasteiger partial charge in [-0.25, -0.2) is 9.18 Å². The van der Waals surface area contributed by atoms with E-state index in [9.17, 15) is 14.7 Å². The number of nitrogens with zero attached hydrogens (tertiary/aromatic N) is 1. The van der Waals surface area contributed by atoms with E-state index < -0.39 is 17.5 Å². The summed E-state index contributed by atoms with van der Waals surface area (Å²) in [6.45, 7) is 1.35. The van der Waals surface area contributed by atoms with Gasteiger partial charge in [0.05, 0.1) is 19.8 Å². The minimum atomic E-state index is -1.44. The summed E-state index contributed by atoms with van der Waals surface area (Å²) in [6, 6.07) is 12.3. The van der Waals surface area contributed by atoms with Crippen LogP contribution in [0.25, 0.3) is 11.1 Å². The topological polar surface area (TPSA) is 100 Å². The maximum atomic E-state index is 15.6. The number of alkyl carbamates (subject to hydrolysis) is 1. The number of carbonyl (C=O) groups is 2. The van der Waals surface area contributed by atoms with Crippen LogP contribution in [0.1, 0.15) is 50.5 Å². The van der Waals surface area contributed by atoms with Gasteiger partial charge in [0.15, 0.2) is 0 Å². The number of halogens is 1. The zero-order valence-corrected chi connectivity index (χ0v) is 23.7. The second kappa shape index (κ2) is 13.5. The largest absolute Gasteiger partial charge is 0.497 e. The molecule has 1 aliphatic heterocycles. The van der Waals surface area contributed by atoms with Gasteiger partial charge in [-0.05, 0) is 81.3 Å². The molecule has 2 fully saturated rings. The van der Waals surface area contributed by atoms with Crippen LogP contribution in [0.2, 0.25) is 0 Å². The number of nitrogens with one attached hydrogen (secondary N) is 2. The highest BCUT2D eigenvalue weighted by Gasteiger charge is 2.44. The van der Waals surface area contributed by atoms with Gasteiger partial charge in [0, 0.05) is 43.1 Å². The Bertz CT molecular complexity index is 1180. The van der Waals surface area contributed by atoms with E-state index in [1.165, 1.54) is 13.2 Å². The molecule has 2 aromatic rings. The fourth-order valence-electron chi connectivity index (χ4n) is 6.43. The molecule has 2 aliphatic rings. The van der Waals surface area contributed by atoms with Gasteiger partial charge < -0.3 is 30.1 Å². The maximum Gasteiger partial charge on any atom is 0.406 e. The molecule has 1 saturated heterocycles. The summed E-state index contributed by atoms with van der Waals surface area (Å²) < 4.78 is 25.7. The summed E-state index contributed by atoms with van der Waals surface area (Å²) in [5.74, 6) is -0.0384. The van der Waals surface area contributed by atoms with Crippen LogP contribution in [0, 0.1) is 17.7 Å². The fourth-order valence-corrected chi connectivity index (χ4v) is 6.43. The van der Waals surface area contributed by atoms with E-state index in [0.717, 1.165) is 25.7 Å². The van der Waals surface area contributed by atoms with Crippen molar-refractivity contribution in [1.82, 2.24) is 15.5 Å². The van der Waals surface area contributed by atoms with Crippen molar-refractivity contribution in [2.45, 2.75) is 56.6 Å². The van der Waals surface area contributed by atoms with Gasteiger partial charge in [-0.3, -0.25) is 4.79 Å².